The smallest absolute Gasteiger partial charge is 0.253 e. The zero-order chi connectivity index (χ0) is 25.0. The molecule has 0 N–H and O–H groups in total. The molecule has 0 saturated carbocycles. The molecule has 2 aromatic rings. The molecule has 2 amide bonds. The summed E-state index contributed by atoms with van der Waals surface area (Å²) in [5.74, 6) is -0.330. The van der Waals surface area contributed by atoms with Gasteiger partial charge in [0.25, 0.3) is 5.91 Å². The number of carbonyl (C=O) groups excluding carboxylic acids is 2. The molecule has 0 bridgehead atoms. The standard InChI is InChI=1S/C26H33Cl2N3O4/c1-34-18-19-35-17-16-31(25(32)20-27)24-8-4-22(5-9-24)26(33)30-14-12-29(13-15-30)11-10-21-2-6-23(28)7-3-21/h2-9H,10-20H2,1H3. The molecule has 1 saturated heterocycles. The van der Waals surface area contributed by atoms with Crippen molar-refractivity contribution in [2.24, 2.45) is 0 Å². The van der Waals surface area contributed by atoms with Crippen molar-refractivity contribution in [1.29, 1.82) is 0 Å². The third-order valence-electron chi connectivity index (χ3n) is 6.02. The van der Waals surface area contributed by atoms with Crippen LogP contribution in [0.3, 0.4) is 0 Å². The van der Waals surface area contributed by atoms with Gasteiger partial charge in [0.15, 0.2) is 0 Å². The second-order valence-electron chi connectivity index (χ2n) is 8.34. The lowest BCUT2D eigenvalue weighted by Gasteiger charge is -2.35. The lowest BCUT2D eigenvalue weighted by molar-refractivity contribution is -0.116. The normalized spacial score (nSPS) is 14.2. The van der Waals surface area contributed by atoms with Crippen LogP contribution in [0.4, 0.5) is 5.69 Å². The van der Waals surface area contributed by atoms with Crippen LogP contribution in [0.5, 0.6) is 0 Å². The Bertz CT molecular complexity index is 933. The number of anilines is 1. The summed E-state index contributed by atoms with van der Waals surface area (Å²) >= 11 is 11.8. The fourth-order valence-electron chi connectivity index (χ4n) is 3.95. The molecule has 0 atom stereocenters. The quantitative estimate of drug-likeness (QED) is 0.315. The van der Waals surface area contributed by atoms with Gasteiger partial charge >= 0.3 is 0 Å². The zero-order valence-electron chi connectivity index (χ0n) is 20.1. The Hall–Kier alpha value is -2.16. The first-order valence-electron chi connectivity index (χ1n) is 11.8. The lowest BCUT2D eigenvalue weighted by Crippen LogP contribution is -2.49. The summed E-state index contributed by atoms with van der Waals surface area (Å²) in [6, 6.07) is 15.1. The summed E-state index contributed by atoms with van der Waals surface area (Å²) in [6.45, 7) is 5.73. The Balaban J connectivity index is 1.49. The third kappa shape index (κ3) is 8.47. The molecule has 3 rings (SSSR count). The van der Waals surface area contributed by atoms with Crippen molar-refractivity contribution in [3.8, 4) is 0 Å². The number of benzene rings is 2. The van der Waals surface area contributed by atoms with Crippen molar-refractivity contribution in [1.82, 2.24) is 9.80 Å². The van der Waals surface area contributed by atoms with Crippen molar-refractivity contribution in [2.75, 3.05) is 77.0 Å². The number of hydrogen-bond donors (Lipinski definition) is 0. The number of halogens is 2. The van der Waals surface area contributed by atoms with Crippen LogP contribution >= 0.6 is 23.2 Å². The minimum absolute atomic E-state index is 0.00650. The van der Waals surface area contributed by atoms with Crippen molar-refractivity contribution < 1.29 is 19.1 Å². The van der Waals surface area contributed by atoms with E-state index in [0.717, 1.165) is 31.1 Å². The molecule has 35 heavy (non-hydrogen) atoms. The first kappa shape index (κ1) is 27.4. The van der Waals surface area contributed by atoms with E-state index < -0.39 is 0 Å². The van der Waals surface area contributed by atoms with Gasteiger partial charge in [-0.2, -0.15) is 0 Å². The summed E-state index contributed by atoms with van der Waals surface area (Å²) in [5.41, 5.74) is 2.56. The molecule has 2 aromatic carbocycles. The number of carbonyl (C=O) groups is 2. The fraction of sp³-hybridized carbons (Fsp3) is 0.462. The van der Waals surface area contributed by atoms with Crippen molar-refractivity contribution in [3.05, 3.63) is 64.7 Å². The van der Waals surface area contributed by atoms with E-state index in [9.17, 15) is 9.59 Å². The van der Waals surface area contributed by atoms with Crippen LogP contribution in [-0.2, 0) is 20.7 Å². The second-order valence-corrected chi connectivity index (χ2v) is 9.05. The number of ether oxygens (including phenoxy) is 2. The van der Waals surface area contributed by atoms with Gasteiger partial charge in [-0.25, -0.2) is 0 Å². The van der Waals surface area contributed by atoms with Gasteiger partial charge in [-0.05, 0) is 48.4 Å². The maximum atomic E-state index is 13.0. The SMILES string of the molecule is COCCOCCN(C(=O)CCl)c1ccc(C(=O)N2CCN(CCc3ccc(Cl)cc3)CC2)cc1. The predicted octanol–water partition coefficient (Wildman–Crippen LogP) is 3.58. The van der Waals surface area contributed by atoms with Crippen LogP contribution in [-0.4, -0.2) is 93.7 Å². The van der Waals surface area contributed by atoms with Crippen LogP contribution in [0.15, 0.2) is 48.5 Å². The third-order valence-corrected chi connectivity index (χ3v) is 6.50. The average Bonchev–Trinajstić information content (AvgIpc) is 2.90. The monoisotopic (exact) mass is 521 g/mol. The maximum Gasteiger partial charge on any atom is 0.253 e. The number of piperazine rings is 1. The van der Waals surface area contributed by atoms with E-state index in [4.69, 9.17) is 32.7 Å². The molecule has 1 aliphatic heterocycles. The molecular weight excluding hydrogens is 489 g/mol. The van der Waals surface area contributed by atoms with Crippen LogP contribution in [0, 0.1) is 0 Å². The van der Waals surface area contributed by atoms with Crippen LogP contribution in [0.1, 0.15) is 15.9 Å². The van der Waals surface area contributed by atoms with Gasteiger partial charge in [0.05, 0.1) is 19.8 Å². The summed E-state index contributed by atoms with van der Waals surface area (Å²) in [5, 5.41) is 0.749. The van der Waals surface area contributed by atoms with E-state index in [1.165, 1.54) is 5.56 Å². The Labute approximate surface area is 217 Å². The zero-order valence-corrected chi connectivity index (χ0v) is 21.6. The van der Waals surface area contributed by atoms with Gasteiger partial charge in [0.1, 0.15) is 5.88 Å². The summed E-state index contributed by atoms with van der Waals surface area (Å²) < 4.78 is 10.4. The van der Waals surface area contributed by atoms with E-state index in [0.29, 0.717) is 50.7 Å². The minimum Gasteiger partial charge on any atom is -0.382 e. The van der Waals surface area contributed by atoms with Crippen LogP contribution in [0.2, 0.25) is 5.02 Å². The van der Waals surface area contributed by atoms with Crippen LogP contribution < -0.4 is 4.90 Å². The number of hydrogen-bond acceptors (Lipinski definition) is 5. The van der Waals surface area contributed by atoms with Crippen molar-refractivity contribution >= 4 is 40.7 Å². The average molecular weight is 522 g/mol. The molecule has 0 spiro atoms. The van der Waals surface area contributed by atoms with Gasteiger partial charge in [-0.3, -0.25) is 14.5 Å². The highest BCUT2D eigenvalue weighted by Gasteiger charge is 2.22. The van der Waals surface area contributed by atoms with E-state index in [-0.39, 0.29) is 17.7 Å². The number of amides is 2. The highest BCUT2D eigenvalue weighted by Crippen LogP contribution is 2.18. The lowest BCUT2D eigenvalue weighted by atomic mass is 10.1. The summed E-state index contributed by atoms with van der Waals surface area (Å²) in [4.78, 5) is 31.2. The minimum atomic E-state index is -0.212. The predicted molar refractivity (Wildman–Crippen MR) is 140 cm³/mol. The largest absolute Gasteiger partial charge is 0.382 e. The molecular formula is C26H33Cl2N3O4. The Morgan fingerprint density at radius 3 is 2.26 bits per heavy atom. The molecule has 0 radical (unpaired) electrons. The number of methoxy groups -OCH3 is 1. The van der Waals surface area contributed by atoms with E-state index in [2.05, 4.69) is 17.0 Å². The Morgan fingerprint density at radius 2 is 1.63 bits per heavy atom. The highest BCUT2D eigenvalue weighted by molar-refractivity contribution is 6.30. The topological polar surface area (TPSA) is 62.3 Å². The molecule has 1 heterocycles. The van der Waals surface area contributed by atoms with E-state index >= 15 is 0 Å². The van der Waals surface area contributed by atoms with Gasteiger partial charge in [0.2, 0.25) is 5.91 Å². The molecule has 0 unspecified atom stereocenters. The molecule has 7 nitrogen and oxygen atoms in total. The molecule has 190 valence electrons. The summed E-state index contributed by atoms with van der Waals surface area (Å²) in [7, 11) is 1.61. The maximum absolute atomic E-state index is 13.0. The highest BCUT2D eigenvalue weighted by atomic mass is 35.5. The van der Waals surface area contributed by atoms with Crippen molar-refractivity contribution in [3.63, 3.8) is 0 Å². The molecule has 0 aromatic heterocycles. The van der Waals surface area contributed by atoms with Gasteiger partial charge in [-0.1, -0.05) is 23.7 Å². The fourth-order valence-corrected chi connectivity index (χ4v) is 4.22. The van der Waals surface area contributed by atoms with E-state index in [1.54, 1.807) is 36.3 Å². The number of alkyl halides is 1. The number of rotatable bonds is 12. The van der Waals surface area contributed by atoms with Gasteiger partial charge in [-0.15, -0.1) is 11.6 Å². The second kappa shape index (κ2) is 14.4. The van der Waals surface area contributed by atoms with Crippen molar-refractivity contribution in [2.45, 2.75) is 6.42 Å². The molecule has 0 aliphatic carbocycles. The molecule has 9 heteroatoms. The number of nitrogens with zero attached hydrogens (tertiary/aromatic N) is 3. The van der Waals surface area contributed by atoms with E-state index in [1.807, 2.05) is 17.0 Å². The first-order valence-corrected chi connectivity index (χ1v) is 12.7. The summed E-state index contributed by atoms with van der Waals surface area (Å²) in [6.07, 6.45) is 0.960. The first-order chi connectivity index (χ1) is 17.0. The molecule has 1 fully saturated rings. The van der Waals surface area contributed by atoms with Gasteiger partial charge < -0.3 is 19.3 Å². The van der Waals surface area contributed by atoms with Crippen LogP contribution in [0.25, 0.3) is 0 Å². The molecule has 1 aliphatic rings. The Morgan fingerprint density at radius 1 is 0.943 bits per heavy atom. The Kier molecular flexibility index (Phi) is 11.3. The van der Waals surface area contributed by atoms with Gasteiger partial charge in [0, 0.05) is 62.7 Å².